The summed E-state index contributed by atoms with van der Waals surface area (Å²) < 4.78 is 39.5. The Bertz CT molecular complexity index is 734. The van der Waals surface area contributed by atoms with Gasteiger partial charge < -0.3 is 10.6 Å². The molecule has 2 N–H and O–H groups in total. The fourth-order valence-electron chi connectivity index (χ4n) is 2.15. The molecule has 0 aliphatic heterocycles. The zero-order valence-electron chi connectivity index (χ0n) is 13.9. The molecule has 0 bridgehead atoms. The van der Waals surface area contributed by atoms with Crippen LogP contribution in [0, 0.1) is 5.92 Å². The van der Waals surface area contributed by atoms with Crippen molar-refractivity contribution >= 4 is 11.7 Å². The molecule has 0 radical (unpaired) electrons. The number of hydrogen-bond acceptors (Lipinski definition) is 5. The Morgan fingerprint density at radius 3 is 2.32 bits per heavy atom. The van der Waals surface area contributed by atoms with E-state index < -0.39 is 17.9 Å². The molecule has 1 atom stereocenters. The van der Waals surface area contributed by atoms with Crippen LogP contribution in [-0.4, -0.2) is 33.9 Å². The van der Waals surface area contributed by atoms with Gasteiger partial charge in [-0.25, -0.2) is 9.97 Å². The lowest BCUT2D eigenvalue weighted by molar-refractivity contribution is -0.141. The maximum Gasteiger partial charge on any atom is 0.433 e. The van der Waals surface area contributed by atoms with E-state index >= 15 is 0 Å². The Balaban J connectivity index is 2.48. The van der Waals surface area contributed by atoms with Crippen LogP contribution in [0.15, 0.2) is 30.6 Å². The minimum absolute atomic E-state index is 0.0727. The summed E-state index contributed by atoms with van der Waals surface area (Å²) in [7, 11) is 1.46. The molecule has 0 aliphatic rings. The Kier molecular flexibility index (Phi) is 5.55. The summed E-state index contributed by atoms with van der Waals surface area (Å²) in [6.45, 7) is 3.56. The summed E-state index contributed by atoms with van der Waals surface area (Å²) in [5.41, 5.74) is -0.693. The van der Waals surface area contributed by atoms with Crippen LogP contribution in [0.3, 0.4) is 0 Å². The van der Waals surface area contributed by atoms with Gasteiger partial charge in [0.15, 0.2) is 11.5 Å². The predicted molar refractivity (Wildman–Crippen MR) is 86.6 cm³/mol. The van der Waals surface area contributed by atoms with Gasteiger partial charge in [-0.3, -0.25) is 9.78 Å². The maximum atomic E-state index is 13.2. The number of carbonyl (C=O) groups excluding carboxylic acids is 1. The Morgan fingerprint density at radius 1 is 1.16 bits per heavy atom. The molecule has 0 aliphatic carbocycles. The van der Waals surface area contributed by atoms with Crippen LogP contribution in [0.1, 0.15) is 19.5 Å². The van der Waals surface area contributed by atoms with Gasteiger partial charge in [0.05, 0.1) is 0 Å². The minimum atomic E-state index is -4.64. The molecule has 25 heavy (non-hydrogen) atoms. The van der Waals surface area contributed by atoms with Crippen LogP contribution in [-0.2, 0) is 11.0 Å². The van der Waals surface area contributed by atoms with Gasteiger partial charge in [0.2, 0.25) is 5.91 Å². The Labute approximate surface area is 142 Å². The molecule has 1 amide bonds. The fraction of sp³-hybridized carbons (Fsp3) is 0.375. The van der Waals surface area contributed by atoms with Crippen LogP contribution in [0.25, 0.3) is 11.4 Å². The van der Waals surface area contributed by atoms with E-state index in [-0.39, 0.29) is 23.5 Å². The van der Waals surface area contributed by atoms with Crippen LogP contribution in [0.5, 0.6) is 0 Å². The highest BCUT2D eigenvalue weighted by molar-refractivity contribution is 5.84. The van der Waals surface area contributed by atoms with Crippen molar-refractivity contribution in [3.05, 3.63) is 36.3 Å². The van der Waals surface area contributed by atoms with Crippen molar-refractivity contribution in [3.63, 3.8) is 0 Å². The number of halogens is 3. The highest BCUT2D eigenvalue weighted by atomic mass is 19.4. The molecule has 2 rings (SSSR count). The number of alkyl halides is 3. The molecule has 9 heteroatoms. The van der Waals surface area contributed by atoms with E-state index in [2.05, 4.69) is 25.6 Å². The normalized spacial score (nSPS) is 12.8. The van der Waals surface area contributed by atoms with E-state index in [1.54, 1.807) is 13.8 Å². The second-order valence-electron chi connectivity index (χ2n) is 5.68. The standard InChI is InChI=1S/C16H18F3N5O/c1-9(2)13(15(25)20-3)23-12-8-11(16(17,18)19)22-14(24-12)10-4-6-21-7-5-10/h4-9,13H,1-3H3,(H,20,25)(H,22,23,24). The van der Waals surface area contributed by atoms with Gasteiger partial charge in [-0.1, -0.05) is 13.8 Å². The number of hydrogen-bond donors (Lipinski definition) is 2. The minimum Gasteiger partial charge on any atom is -0.358 e. The first-order valence-electron chi connectivity index (χ1n) is 7.57. The molecule has 6 nitrogen and oxygen atoms in total. The van der Waals surface area contributed by atoms with Crippen molar-refractivity contribution in [1.82, 2.24) is 20.3 Å². The molecule has 2 aromatic rings. The van der Waals surface area contributed by atoms with E-state index in [0.717, 1.165) is 6.07 Å². The quantitative estimate of drug-likeness (QED) is 0.864. The average Bonchev–Trinajstić information content (AvgIpc) is 2.58. The fourth-order valence-corrected chi connectivity index (χ4v) is 2.15. The number of nitrogens with one attached hydrogen (secondary N) is 2. The first-order valence-corrected chi connectivity index (χ1v) is 7.57. The summed E-state index contributed by atoms with van der Waals surface area (Å²) in [5.74, 6) is -0.670. The number of rotatable bonds is 5. The molecule has 0 spiro atoms. The van der Waals surface area contributed by atoms with Crippen LogP contribution >= 0.6 is 0 Å². The third-order valence-electron chi connectivity index (χ3n) is 3.45. The lowest BCUT2D eigenvalue weighted by Gasteiger charge is -2.22. The maximum absolute atomic E-state index is 13.2. The van der Waals surface area contributed by atoms with E-state index in [0.29, 0.717) is 5.56 Å². The third kappa shape index (κ3) is 4.65. The van der Waals surface area contributed by atoms with Gasteiger partial charge in [-0.15, -0.1) is 0 Å². The molecule has 0 saturated carbocycles. The second kappa shape index (κ2) is 7.45. The van der Waals surface area contributed by atoms with Crippen molar-refractivity contribution in [2.75, 3.05) is 12.4 Å². The first kappa shape index (κ1) is 18.6. The summed E-state index contributed by atoms with van der Waals surface area (Å²) in [6.07, 6.45) is -1.76. The predicted octanol–water partition coefficient (Wildman–Crippen LogP) is 2.74. The molecule has 0 saturated heterocycles. The number of likely N-dealkylation sites (N-methyl/N-ethyl adjacent to an activating group) is 1. The highest BCUT2D eigenvalue weighted by Crippen LogP contribution is 2.31. The topological polar surface area (TPSA) is 79.8 Å². The molecule has 2 heterocycles. The van der Waals surface area contributed by atoms with Gasteiger partial charge in [0, 0.05) is 31.1 Å². The SMILES string of the molecule is CNC(=O)C(Nc1cc(C(F)(F)F)nc(-c2ccncc2)n1)C(C)C. The number of aromatic nitrogens is 3. The van der Waals surface area contributed by atoms with E-state index in [1.165, 1.54) is 31.6 Å². The number of carbonyl (C=O) groups is 1. The monoisotopic (exact) mass is 353 g/mol. The van der Waals surface area contributed by atoms with E-state index in [9.17, 15) is 18.0 Å². The molecule has 0 aromatic carbocycles. The smallest absolute Gasteiger partial charge is 0.358 e. The van der Waals surface area contributed by atoms with Gasteiger partial charge >= 0.3 is 6.18 Å². The van der Waals surface area contributed by atoms with Gasteiger partial charge in [0.25, 0.3) is 0 Å². The molecular formula is C16H18F3N5O. The van der Waals surface area contributed by atoms with Crippen LogP contribution in [0.2, 0.25) is 0 Å². The Morgan fingerprint density at radius 2 is 1.80 bits per heavy atom. The van der Waals surface area contributed by atoms with Gasteiger partial charge in [-0.05, 0) is 18.1 Å². The van der Waals surface area contributed by atoms with Gasteiger partial charge in [0.1, 0.15) is 11.9 Å². The van der Waals surface area contributed by atoms with Crippen molar-refractivity contribution in [3.8, 4) is 11.4 Å². The lowest BCUT2D eigenvalue weighted by atomic mass is 10.0. The first-order chi connectivity index (χ1) is 11.7. The van der Waals surface area contributed by atoms with Crippen molar-refractivity contribution < 1.29 is 18.0 Å². The third-order valence-corrected chi connectivity index (χ3v) is 3.45. The molecule has 0 fully saturated rings. The van der Waals surface area contributed by atoms with Crippen molar-refractivity contribution in [2.24, 2.45) is 5.92 Å². The number of amides is 1. The van der Waals surface area contributed by atoms with E-state index in [4.69, 9.17) is 0 Å². The summed E-state index contributed by atoms with van der Waals surface area (Å²) >= 11 is 0. The summed E-state index contributed by atoms with van der Waals surface area (Å²) in [5, 5.41) is 5.26. The molecule has 134 valence electrons. The number of pyridine rings is 1. The average molecular weight is 353 g/mol. The molecule has 1 unspecified atom stereocenters. The zero-order valence-corrected chi connectivity index (χ0v) is 13.9. The lowest BCUT2D eigenvalue weighted by Crippen LogP contribution is -2.41. The molecule has 2 aromatic heterocycles. The van der Waals surface area contributed by atoms with Crippen LogP contribution in [0.4, 0.5) is 19.0 Å². The number of anilines is 1. The highest BCUT2D eigenvalue weighted by Gasteiger charge is 2.34. The Hall–Kier alpha value is -2.71. The zero-order chi connectivity index (χ0) is 18.6. The van der Waals surface area contributed by atoms with Crippen molar-refractivity contribution in [2.45, 2.75) is 26.1 Å². The summed E-state index contributed by atoms with van der Waals surface area (Å²) in [6, 6.07) is 3.09. The largest absolute Gasteiger partial charge is 0.433 e. The molecular weight excluding hydrogens is 335 g/mol. The van der Waals surface area contributed by atoms with Gasteiger partial charge in [-0.2, -0.15) is 13.2 Å². The van der Waals surface area contributed by atoms with E-state index in [1.807, 2.05) is 0 Å². The number of nitrogens with zero attached hydrogens (tertiary/aromatic N) is 3. The second-order valence-corrected chi connectivity index (χ2v) is 5.68. The van der Waals surface area contributed by atoms with Crippen molar-refractivity contribution in [1.29, 1.82) is 0 Å². The summed E-state index contributed by atoms with van der Waals surface area (Å²) in [4.78, 5) is 23.5. The van der Waals surface area contributed by atoms with Crippen LogP contribution < -0.4 is 10.6 Å².